The van der Waals surface area contributed by atoms with Gasteiger partial charge in [0.25, 0.3) is 0 Å². The quantitative estimate of drug-likeness (QED) is 0.289. The molecule has 0 aliphatic heterocycles. The van der Waals surface area contributed by atoms with Crippen molar-refractivity contribution in [2.75, 3.05) is 5.32 Å². The Morgan fingerprint density at radius 2 is 1.68 bits per heavy atom. The van der Waals surface area contributed by atoms with Crippen LogP contribution in [0.25, 0.3) is 0 Å². The Bertz CT molecular complexity index is 1150. The van der Waals surface area contributed by atoms with Crippen LogP contribution in [0.15, 0.2) is 54.6 Å². The van der Waals surface area contributed by atoms with E-state index in [0.717, 1.165) is 48.2 Å². The van der Waals surface area contributed by atoms with Gasteiger partial charge in [-0.1, -0.05) is 68.2 Å². The molecule has 8 rings (SSSR count). The Hall–Kier alpha value is -1.87. The molecule has 13 unspecified atom stereocenters. The molecule has 214 valence electrons. The summed E-state index contributed by atoms with van der Waals surface area (Å²) in [6.45, 7) is 4.65. The van der Waals surface area contributed by atoms with Crippen molar-refractivity contribution in [2.24, 2.45) is 76.2 Å². The highest BCUT2D eigenvalue weighted by atomic mass is 16.1. The first-order valence-electron chi connectivity index (χ1n) is 17.0. The van der Waals surface area contributed by atoms with E-state index in [-0.39, 0.29) is 11.5 Å². The van der Waals surface area contributed by atoms with E-state index in [0.29, 0.717) is 35.6 Å². The smallest absolute Gasteiger partial charge is 0.137 e. The summed E-state index contributed by atoms with van der Waals surface area (Å²) in [6, 6.07) is 11.1. The van der Waals surface area contributed by atoms with Crippen LogP contribution in [0, 0.1) is 70.5 Å². The zero-order valence-electron chi connectivity index (χ0n) is 24.3. The summed E-state index contributed by atoms with van der Waals surface area (Å²) in [5, 5.41) is 3.91. The van der Waals surface area contributed by atoms with Gasteiger partial charge in [-0.2, -0.15) is 0 Å². The standard InChI is InChI=1S/C37H50N2O/c1-22-11-15-33-36(32-19-24(18-30(22)32)23-7-5-6-8-23)37(33,35(38)21-40)26-12-13-28-25(17-26)20-31-29(28)14-16-34(31)39-27-9-3-2-4-10-27/h2-4,9-10,12-13,21,23-26,28-36,39H,1,5-8,11,14-20,38H2. The Labute approximate surface area is 241 Å². The summed E-state index contributed by atoms with van der Waals surface area (Å²) in [7, 11) is 0. The molecule has 0 bridgehead atoms. The van der Waals surface area contributed by atoms with Crippen molar-refractivity contribution in [2.45, 2.75) is 89.1 Å². The van der Waals surface area contributed by atoms with Crippen molar-refractivity contribution in [3.8, 4) is 0 Å². The van der Waals surface area contributed by atoms with Crippen LogP contribution in [0.1, 0.15) is 77.0 Å². The lowest BCUT2D eigenvalue weighted by Gasteiger charge is -2.38. The molecule has 0 aromatic heterocycles. The summed E-state index contributed by atoms with van der Waals surface area (Å²) in [5.74, 6) is 8.00. The molecule has 0 spiro atoms. The lowest BCUT2D eigenvalue weighted by molar-refractivity contribution is -0.111. The zero-order valence-corrected chi connectivity index (χ0v) is 24.3. The van der Waals surface area contributed by atoms with Gasteiger partial charge in [0, 0.05) is 17.1 Å². The van der Waals surface area contributed by atoms with Crippen molar-refractivity contribution in [1.82, 2.24) is 0 Å². The van der Waals surface area contributed by atoms with Crippen LogP contribution < -0.4 is 11.1 Å². The summed E-state index contributed by atoms with van der Waals surface area (Å²) in [5.41, 5.74) is 9.73. The minimum atomic E-state index is -0.320. The number of carbonyl (C=O) groups is 1. The summed E-state index contributed by atoms with van der Waals surface area (Å²) in [4.78, 5) is 12.5. The maximum atomic E-state index is 12.5. The Kier molecular flexibility index (Phi) is 6.36. The molecule has 1 aromatic carbocycles. The van der Waals surface area contributed by atoms with Gasteiger partial charge >= 0.3 is 0 Å². The molecule has 7 aliphatic carbocycles. The third kappa shape index (κ3) is 3.81. The molecule has 3 nitrogen and oxygen atoms in total. The third-order valence-electron chi connectivity index (χ3n) is 14.1. The number of para-hydroxylation sites is 1. The Morgan fingerprint density at radius 3 is 2.48 bits per heavy atom. The van der Waals surface area contributed by atoms with Gasteiger partial charge in [-0.3, -0.25) is 0 Å². The minimum Gasteiger partial charge on any atom is -0.382 e. The van der Waals surface area contributed by atoms with Crippen molar-refractivity contribution < 1.29 is 4.79 Å². The molecular formula is C37H50N2O. The molecule has 1 aromatic rings. The number of nitrogens with one attached hydrogen (secondary N) is 1. The van der Waals surface area contributed by atoms with Crippen LogP contribution in [-0.2, 0) is 4.79 Å². The largest absolute Gasteiger partial charge is 0.382 e. The van der Waals surface area contributed by atoms with Gasteiger partial charge in [-0.15, -0.1) is 0 Å². The first kappa shape index (κ1) is 25.8. The fraction of sp³-hybridized carbons (Fsp3) is 0.703. The highest BCUT2D eigenvalue weighted by molar-refractivity contribution is 5.61. The van der Waals surface area contributed by atoms with Crippen LogP contribution in [-0.4, -0.2) is 18.4 Å². The van der Waals surface area contributed by atoms with E-state index in [1.807, 2.05) is 0 Å². The number of nitrogens with two attached hydrogens (primary N) is 1. The molecule has 0 saturated heterocycles. The molecule has 0 radical (unpaired) electrons. The van der Waals surface area contributed by atoms with Gasteiger partial charge in [0.2, 0.25) is 0 Å². The second-order valence-corrected chi connectivity index (χ2v) is 15.4. The SMILES string of the molecule is C=C1CCC2C(C3CC(C4CCCC4)CC13)C2(C(N)C=O)C1C=CC2C(CC3C(Nc4ccccc4)CCC23)C1. The van der Waals surface area contributed by atoms with E-state index in [2.05, 4.69) is 54.4 Å². The summed E-state index contributed by atoms with van der Waals surface area (Å²) < 4.78 is 0. The van der Waals surface area contributed by atoms with Crippen LogP contribution in [0.2, 0.25) is 0 Å². The molecule has 6 saturated carbocycles. The number of allylic oxidation sites excluding steroid dienone is 3. The molecule has 7 aliphatic rings. The topological polar surface area (TPSA) is 55.1 Å². The normalized spacial score (nSPS) is 48.1. The highest BCUT2D eigenvalue weighted by Crippen LogP contribution is 2.76. The average Bonchev–Trinajstić information content (AvgIpc) is 3.53. The van der Waals surface area contributed by atoms with E-state index in [1.54, 1.807) is 0 Å². The van der Waals surface area contributed by atoms with Gasteiger partial charge in [0.15, 0.2) is 0 Å². The summed E-state index contributed by atoms with van der Waals surface area (Å²) >= 11 is 0. The Morgan fingerprint density at radius 1 is 0.875 bits per heavy atom. The maximum absolute atomic E-state index is 12.5. The number of benzene rings is 1. The van der Waals surface area contributed by atoms with Crippen molar-refractivity contribution in [3.05, 3.63) is 54.6 Å². The van der Waals surface area contributed by atoms with Crippen molar-refractivity contribution in [3.63, 3.8) is 0 Å². The first-order valence-corrected chi connectivity index (χ1v) is 17.0. The molecule has 3 heteroatoms. The lowest BCUT2D eigenvalue weighted by Crippen LogP contribution is -2.43. The highest BCUT2D eigenvalue weighted by Gasteiger charge is 2.74. The van der Waals surface area contributed by atoms with E-state index in [9.17, 15) is 4.79 Å². The first-order chi connectivity index (χ1) is 19.6. The van der Waals surface area contributed by atoms with E-state index in [1.165, 1.54) is 81.9 Å². The number of anilines is 1. The molecule has 6 fully saturated rings. The van der Waals surface area contributed by atoms with E-state index in [4.69, 9.17) is 5.73 Å². The van der Waals surface area contributed by atoms with Gasteiger partial charge < -0.3 is 15.8 Å². The molecule has 13 atom stereocenters. The Balaban J connectivity index is 1.04. The third-order valence-corrected chi connectivity index (χ3v) is 14.1. The summed E-state index contributed by atoms with van der Waals surface area (Å²) in [6.07, 6.45) is 22.5. The van der Waals surface area contributed by atoms with Crippen molar-refractivity contribution in [1.29, 1.82) is 0 Å². The van der Waals surface area contributed by atoms with Gasteiger partial charge in [-0.25, -0.2) is 0 Å². The monoisotopic (exact) mass is 538 g/mol. The fourth-order valence-electron chi connectivity index (χ4n) is 12.6. The average molecular weight is 539 g/mol. The number of aldehydes is 1. The second-order valence-electron chi connectivity index (χ2n) is 15.4. The molecule has 3 N–H and O–H groups in total. The van der Waals surface area contributed by atoms with Crippen LogP contribution in [0.5, 0.6) is 0 Å². The molecule has 40 heavy (non-hydrogen) atoms. The zero-order chi connectivity index (χ0) is 27.0. The van der Waals surface area contributed by atoms with E-state index >= 15 is 0 Å². The number of fused-ring (bicyclic) bond motifs is 6. The number of hydrogen-bond acceptors (Lipinski definition) is 3. The van der Waals surface area contributed by atoms with Gasteiger partial charge in [0.1, 0.15) is 6.29 Å². The number of rotatable bonds is 6. The maximum Gasteiger partial charge on any atom is 0.137 e. The predicted octanol–water partition coefficient (Wildman–Crippen LogP) is 7.65. The van der Waals surface area contributed by atoms with Crippen LogP contribution >= 0.6 is 0 Å². The van der Waals surface area contributed by atoms with Crippen LogP contribution in [0.3, 0.4) is 0 Å². The predicted molar refractivity (Wildman–Crippen MR) is 162 cm³/mol. The molecular weight excluding hydrogens is 488 g/mol. The van der Waals surface area contributed by atoms with Crippen molar-refractivity contribution >= 4 is 12.0 Å². The fourth-order valence-corrected chi connectivity index (χ4v) is 12.6. The molecule has 0 heterocycles. The second kappa shape index (κ2) is 9.85. The van der Waals surface area contributed by atoms with Crippen LogP contribution in [0.4, 0.5) is 5.69 Å². The van der Waals surface area contributed by atoms with Gasteiger partial charge in [0.05, 0.1) is 6.04 Å². The lowest BCUT2D eigenvalue weighted by atomic mass is 9.67. The number of hydrogen-bond donors (Lipinski definition) is 2. The minimum absolute atomic E-state index is 0.00318. The molecule has 0 amide bonds. The van der Waals surface area contributed by atoms with E-state index < -0.39 is 0 Å². The number of carbonyl (C=O) groups excluding carboxylic acids is 1. The van der Waals surface area contributed by atoms with Gasteiger partial charge in [-0.05, 0) is 129 Å².